The summed E-state index contributed by atoms with van der Waals surface area (Å²) in [5.41, 5.74) is 7.34. The fourth-order valence-corrected chi connectivity index (χ4v) is 3.84. The van der Waals surface area contributed by atoms with Crippen LogP contribution in [0.4, 0.5) is 10.6 Å². The van der Waals surface area contributed by atoms with Gasteiger partial charge >= 0.3 is 6.09 Å². The average Bonchev–Trinajstić information content (AvgIpc) is 3.11. The van der Waals surface area contributed by atoms with Gasteiger partial charge in [0, 0.05) is 19.6 Å². The normalized spacial score (nSPS) is 16.2. The number of hydrogen-bond acceptors (Lipinski definition) is 6. The van der Waals surface area contributed by atoms with E-state index >= 15 is 0 Å². The third-order valence-corrected chi connectivity index (χ3v) is 5.44. The summed E-state index contributed by atoms with van der Waals surface area (Å²) in [5, 5.41) is 17.0. The fraction of sp³-hybridized carbons (Fsp3) is 0.500. The Balaban J connectivity index is 1.51. The molecule has 1 fully saturated rings. The van der Waals surface area contributed by atoms with Crippen molar-refractivity contribution in [2.75, 3.05) is 25.4 Å². The first-order chi connectivity index (χ1) is 15.7. The van der Waals surface area contributed by atoms with Gasteiger partial charge in [-0.25, -0.2) is 9.48 Å². The Labute approximate surface area is 194 Å². The van der Waals surface area contributed by atoms with Crippen molar-refractivity contribution in [2.45, 2.75) is 52.1 Å². The number of carbonyl (C=O) groups is 2. The molecule has 0 radical (unpaired) electrons. The molecule has 2 aromatic rings. The Morgan fingerprint density at radius 3 is 2.70 bits per heavy atom. The Morgan fingerprint density at radius 1 is 1.30 bits per heavy atom. The van der Waals surface area contributed by atoms with E-state index in [-0.39, 0.29) is 17.9 Å². The number of nitriles is 1. The molecule has 176 valence electrons. The molecule has 1 saturated heterocycles. The Morgan fingerprint density at radius 2 is 2.03 bits per heavy atom. The van der Waals surface area contributed by atoms with Crippen molar-refractivity contribution in [3.05, 3.63) is 41.6 Å². The van der Waals surface area contributed by atoms with Crippen molar-refractivity contribution in [3.63, 3.8) is 0 Å². The van der Waals surface area contributed by atoms with Crippen molar-refractivity contribution in [1.82, 2.24) is 20.0 Å². The van der Waals surface area contributed by atoms with Crippen LogP contribution in [0.1, 0.15) is 51.3 Å². The summed E-state index contributed by atoms with van der Waals surface area (Å²) in [7, 11) is 0. The first kappa shape index (κ1) is 24.1. The number of nitrogens with one attached hydrogen (secondary N) is 1. The SMILES string of the molecule is CC(C)(C)OC(=O)N1CCCC(C(=O)NCCCc2nn(-c3ccccc3)c(N)c2C#N)C1. The number of aryl methyl sites for hydroxylation is 1. The standard InChI is InChI=1S/C24H32N6O3/c1-24(2,3)33-23(32)29-14-8-9-17(16-29)22(31)27-13-7-12-20-19(15-25)21(26)30(28-20)18-10-5-4-6-11-18/h4-6,10-11,17H,7-9,12-14,16,26H2,1-3H3,(H,27,31). The van der Waals surface area contributed by atoms with Gasteiger partial charge in [0.05, 0.1) is 17.3 Å². The quantitative estimate of drug-likeness (QED) is 0.649. The monoisotopic (exact) mass is 452 g/mol. The summed E-state index contributed by atoms with van der Waals surface area (Å²) in [6.07, 6.45) is 2.26. The minimum atomic E-state index is -0.564. The second-order valence-electron chi connectivity index (χ2n) is 9.23. The molecule has 9 nitrogen and oxygen atoms in total. The maximum Gasteiger partial charge on any atom is 0.410 e. The molecule has 1 aromatic heterocycles. The molecule has 2 heterocycles. The summed E-state index contributed by atoms with van der Waals surface area (Å²) >= 11 is 0. The van der Waals surface area contributed by atoms with Crippen molar-refractivity contribution < 1.29 is 14.3 Å². The van der Waals surface area contributed by atoms with Crippen LogP contribution in [-0.4, -0.2) is 51.9 Å². The number of para-hydroxylation sites is 1. The number of aromatic nitrogens is 2. The summed E-state index contributed by atoms with van der Waals surface area (Å²) in [4.78, 5) is 26.6. The molecule has 1 aliphatic heterocycles. The van der Waals surface area contributed by atoms with E-state index in [1.807, 2.05) is 51.1 Å². The van der Waals surface area contributed by atoms with Gasteiger partial charge in [-0.2, -0.15) is 10.4 Å². The number of nitrogen functional groups attached to an aromatic ring is 1. The second-order valence-corrected chi connectivity index (χ2v) is 9.23. The number of amides is 2. The Kier molecular flexibility index (Phi) is 7.59. The minimum absolute atomic E-state index is 0.0712. The van der Waals surface area contributed by atoms with Crippen molar-refractivity contribution in [3.8, 4) is 11.8 Å². The number of anilines is 1. The topological polar surface area (TPSA) is 126 Å². The van der Waals surface area contributed by atoms with E-state index in [4.69, 9.17) is 10.5 Å². The smallest absolute Gasteiger partial charge is 0.410 e. The summed E-state index contributed by atoms with van der Waals surface area (Å²) in [6.45, 7) is 6.89. The van der Waals surface area contributed by atoms with Crippen LogP contribution < -0.4 is 11.1 Å². The van der Waals surface area contributed by atoms with Crippen LogP contribution in [-0.2, 0) is 16.0 Å². The summed E-state index contributed by atoms with van der Waals surface area (Å²) in [5.74, 6) is -0.0147. The highest BCUT2D eigenvalue weighted by molar-refractivity contribution is 5.80. The molecule has 3 N–H and O–H groups in total. The zero-order valence-electron chi connectivity index (χ0n) is 19.5. The van der Waals surface area contributed by atoms with Crippen LogP contribution in [0.15, 0.2) is 30.3 Å². The van der Waals surface area contributed by atoms with E-state index in [1.54, 1.807) is 9.58 Å². The number of nitrogens with zero attached hydrogens (tertiary/aromatic N) is 4. The van der Waals surface area contributed by atoms with Gasteiger partial charge in [-0.05, 0) is 58.6 Å². The van der Waals surface area contributed by atoms with Gasteiger partial charge < -0.3 is 20.7 Å². The van der Waals surface area contributed by atoms with Gasteiger partial charge in [0.25, 0.3) is 0 Å². The molecule has 0 bridgehead atoms. The molecule has 33 heavy (non-hydrogen) atoms. The van der Waals surface area contributed by atoms with Crippen LogP contribution in [0.2, 0.25) is 0 Å². The summed E-state index contributed by atoms with van der Waals surface area (Å²) in [6, 6.07) is 11.6. The lowest BCUT2D eigenvalue weighted by atomic mass is 9.97. The van der Waals surface area contributed by atoms with Gasteiger partial charge in [0.15, 0.2) is 0 Å². The number of piperidine rings is 1. The molecule has 1 aliphatic rings. The molecule has 9 heteroatoms. The first-order valence-corrected chi connectivity index (χ1v) is 11.3. The number of carbonyl (C=O) groups excluding carboxylic acids is 2. The highest BCUT2D eigenvalue weighted by Crippen LogP contribution is 2.22. The molecule has 1 atom stereocenters. The van der Waals surface area contributed by atoms with E-state index in [1.165, 1.54) is 0 Å². The van der Waals surface area contributed by atoms with Crippen LogP contribution in [0, 0.1) is 17.2 Å². The maximum absolute atomic E-state index is 12.6. The van der Waals surface area contributed by atoms with Crippen LogP contribution in [0.25, 0.3) is 5.69 Å². The largest absolute Gasteiger partial charge is 0.444 e. The van der Waals surface area contributed by atoms with Gasteiger partial charge in [0.1, 0.15) is 23.1 Å². The highest BCUT2D eigenvalue weighted by Gasteiger charge is 2.30. The number of benzene rings is 1. The van der Waals surface area contributed by atoms with Crippen molar-refractivity contribution >= 4 is 17.8 Å². The molecular formula is C24H32N6O3. The Hall–Kier alpha value is -3.54. The molecule has 0 aliphatic carbocycles. The fourth-order valence-electron chi connectivity index (χ4n) is 3.84. The lowest BCUT2D eigenvalue weighted by Crippen LogP contribution is -2.47. The summed E-state index contributed by atoms with van der Waals surface area (Å²) < 4.78 is 7.00. The Bertz CT molecular complexity index is 1020. The van der Waals surface area contributed by atoms with Crippen molar-refractivity contribution in [1.29, 1.82) is 5.26 Å². The molecule has 0 saturated carbocycles. The zero-order chi connectivity index (χ0) is 24.0. The molecule has 1 aromatic carbocycles. The maximum atomic E-state index is 12.6. The van der Waals surface area contributed by atoms with Gasteiger partial charge in [-0.3, -0.25) is 4.79 Å². The number of hydrogen-bond donors (Lipinski definition) is 2. The van der Waals surface area contributed by atoms with Crippen LogP contribution >= 0.6 is 0 Å². The van der Waals surface area contributed by atoms with Gasteiger partial charge in [0.2, 0.25) is 5.91 Å². The molecule has 0 spiro atoms. The van der Waals surface area contributed by atoms with E-state index in [2.05, 4.69) is 16.5 Å². The minimum Gasteiger partial charge on any atom is -0.444 e. The van der Waals surface area contributed by atoms with Gasteiger partial charge in [-0.1, -0.05) is 18.2 Å². The number of rotatable bonds is 6. The number of ether oxygens (including phenoxy) is 1. The lowest BCUT2D eigenvalue weighted by molar-refractivity contribution is -0.126. The van der Waals surface area contributed by atoms with E-state index in [0.29, 0.717) is 49.6 Å². The van der Waals surface area contributed by atoms with Crippen LogP contribution in [0.5, 0.6) is 0 Å². The van der Waals surface area contributed by atoms with Crippen molar-refractivity contribution in [2.24, 2.45) is 5.92 Å². The lowest BCUT2D eigenvalue weighted by Gasteiger charge is -2.33. The van der Waals surface area contributed by atoms with E-state index < -0.39 is 5.60 Å². The first-order valence-electron chi connectivity index (χ1n) is 11.3. The average molecular weight is 453 g/mol. The van der Waals surface area contributed by atoms with E-state index in [0.717, 1.165) is 18.5 Å². The highest BCUT2D eigenvalue weighted by atomic mass is 16.6. The van der Waals surface area contributed by atoms with E-state index in [9.17, 15) is 14.9 Å². The number of likely N-dealkylation sites (tertiary alicyclic amines) is 1. The molecule has 3 rings (SSSR count). The molecule has 2 amide bonds. The van der Waals surface area contributed by atoms with Crippen LogP contribution in [0.3, 0.4) is 0 Å². The second kappa shape index (κ2) is 10.4. The number of nitrogens with two attached hydrogens (primary N) is 1. The third-order valence-electron chi connectivity index (χ3n) is 5.44. The zero-order valence-corrected chi connectivity index (χ0v) is 19.5. The third kappa shape index (κ3) is 6.25. The predicted octanol–water partition coefficient (Wildman–Crippen LogP) is 3.02. The predicted molar refractivity (Wildman–Crippen MR) is 125 cm³/mol. The molecular weight excluding hydrogens is 420 g/mol. The van der Waals surface area contributed by atoms with Gasteiger partial charge in [-0.15, -0.1) is 0 Å². The molecule has 1 unspecified atom stereocenters.